The second-order valence-corrected chi connectivity index (χ2v) is 3.69. The van der Waals surface area contributed by atoms with E-state index < -0.39 is 0 Å². The fourth-order valence-corrected chi connectivity index (χ4v) is 0.807. The van der Waals surface area contributed by atoms with Crippen molar-refractivity contribution in [3.8, 4) is 0 Å². The molecule has 0 heterocycles. The van der Waals surface area contributed by atoms with Gasteiger partial charge in [-0.1, -0.05) is 27.2 Å². The number of hydrogen-bond acceptors (Lipinski definition) is 3. The zero-order valence-corrected chi connectivity index (χ0v) is 9.71. The molecule has 0 aromatic rings. The van der Waals surface area contributed by atoms with Gasteiger partial charge in [0.25, 0.3) is 0 Å². The molecule has 3 nitrogen and oxygen atoms in total. The zero-order chi connectivity index (χ0) is 11.0. The molecule has 0 aromatic carbocycles. The standard InChI is InChI=1S/C11H22O3/c1-5-9(3)7-13-10(4)8-14-11(12)6-2/h9-10H,5-8H2,1-4H3. The van der Waals surface area contributed by atoms with E-state index >= 15 is 0 Å². The normalized spacial score (nSPS) is 14.9. The van der Waals surface area contributed by atoms with E-state index in [0.717, 1.165) is 13.0 Å². The van der Waals surface area contributed by atoms with Crippen LogP contribution in [0.4, 0.5) is 0 Å². The highest BCUT2D eigenvalue weighted by Gasteiger charge is 2.07. The average molecular weight is 202 g/mol. The van der Waals surface area contributed by atoms with Crippen molar-refractivity contribution in [3.63, 3.8) is 0 Å². The smallest absolute Gasteiger partial charge is 0.305 e. The molecule has 0 aliphatic carbocycles. The number of hydrogen-bond donors (Lipinski definition) is 0. The fraction of sp³-hybridized carbons (Fsp3) is 0.909. The summed E-state index contributed by atoms with van der Waals surface area (Å²) < 4.78 is 10.5. The van der Waals surface area contributed by atoms with Gasteiger partial charge in [-0.2, -0.15) is 0 Å². The van der Waals surface area contributed by atoms with Crippen LogP contribution in [-0.2, 0) is 14.3 Å². The highest BCUT2D eigenvalue weighted by molar-refractivity contribution is 5.68. The van der Waals surface area contributed by atoms with Crippen LogP contribution in [-0.4, -0.2) is 25.3 Å². The number of ether oxygens (including phenoxy) is 2. The van der Waals surface area contributed by atoms with Crippen LogP contribution in [0.1, 0.15) is 40.5 Å². The molecule has 2 unspecified atom stereocenters. The van der Waals surface area contributed by atoms with E-state index in [4.69, 9.17) is 9.47 Å². The van der Waals surface area contributed by atoms with Gasteiger partial charge in [0.15, 0.2) is 0 Å². The summed E-state index contributed by atoms with van der Waals surface area (Å²) in [6, 6.07) is 0. The molecule has 0 rings (SSSR count). The topological polar surface area (TPSA) is 35.5 Å². The van der Waals surface area contributed by atoms with Crippen LogP contribution in [0.15, 0.2) is 0 Å². The van der Waals surface area contributed by atoms with Crippen LogP contribution in [0.5, 0.6) is 0 Å². The van der Waals surface area contributed by atoms with E-state index in [0.29, 0.717) is 18.9 Å². The van der Waals surface area contributed by atoms with Crippen LogP contribution < -0.4 is 0 Å². The van der Waals surface area contributed by atoms with Gasteiger partial charge in [0.05, 0.1) is 6.10 Å². The first kappa shape index (κ1) is 13.4. The molecule has 0 aromatic heterocycles. The summed E-state index contributed by atoms with van der Waals surface area (Å²) in [6.45, 7) is 9.09. The molecule has 3 heteroatoms. The van der Waals surface area contributed by atoms with E-state index in [2.05, 4.69) is 13.8 Å². The third-order valence-corrected chi connectivity index (χ3v) is 2.13. The summed E-state index contributed by atoms with van der Waals surface area (Å²) in [4.78, 5) is 10.8. The summed E-state index contributed by atoms with van der Waals surface area (Å²) in [5.41, 5.74) is 0. The molecule has 14 heavy (non-hydrogen) atoms. The average Bonchev–Trinajstić information content (AvgIpc) is 2.22. The minimum atomic E-state index is -0.163. The summed E-state index contributed by atoms with van der Waals surface area (Å²) >= 11 is 0. The lowest BCUT2D eigenvalue weighted by atomic mass is 10.1. The molecule has 0 fully saturated rings. The van der Waals surface area contributed by atoms with Crippen molar-refractivity contribution in [1.29, 1.82) is 0 Å². The zero-order valence-electron chi connectivity index (χ0n) is 9.71. The summed E-state index contributed by atoms with van der Waals surface area (Å²) in [6.07, 6.45) is 1.54. The van der Waals surface area contributed by atoms with E-state index in [-0.39, 0.29) is 12.1 Å². The lowest BCUT2D eigenvalue weighted by molar-refractivity contribution is -0.147. The number of carbonyl (C=O) groups is 1. The van der Waals surface area contributed by atoms with Crippen molar-refractivity contribution in [2.75, 3.05) is 13.2 Å². The first-order chi connectivity index (χ1) is 6.60. The van der Waals surface area contributed by atoms with Crippen molar-refractivity contribution >= 4 is 5.97 Å². The maximum absolute atomic E-state index is 10.8. The predicted molar refractivity (Wildman–Crippen MR) is 56.1 cm³/mol. The molecule has 0 aliphatic heterocycles. The predicted octanol–water partition coefficient (Wildman–Crippen LogP) is 2.39. The largest absolute Gasteiger partial charge is 0.463 e. The molecular formula is C11H22O3. The van der Waals surface area contributed by atoms with E-state index in [1.54, 1.807) is 6.92 Å². The van der Waals surface area contributed by atoms with Gasteiger partial charge >= 0.3 is 5.97 Å². The molecule has 0 saturated carbocycles. The van der Waals surface area contributed by atoms with Gasteiger partial charge < -0.3 is 9.47 Å². The van der Waals surface area contributed by atoms with Crippen LogP contribution >= 0.6 is 0 Å². The Labute approximate surface area is 86.8 Å². The Balaban J connectivity index is 3.45. The van der Waals surface area contributed by atoms with Crippen LogP contribution in [0.25, 0.3) is 0 Å². The number of esters is 1. The monoisotopic (exact) mass is 202 g/mol. The maximum Gasteiger partial charge on any atom is 0.305 e. The van der Waals surface area contributed by atoms with Gasteiger partial charge in [-0.25, -0.2) is 0 Å². The van der Waals surface area contributed by atoms with Crippen molar-refractivity contribution in [3.05, 3.63) is 0 Å². The quantitative estimate of drug-likeness (QED) is 0.595. The Morgan fingerprint density at radius 3 is 2.36 bits per heavy atom. The summed E-state index contributed by atoms with van der Waals surface area (Å²) in [5.74, 6) is 0.406. The Morgan fingerprint density at radius 2 is 1.86 bits per heavy atom. The Hall–Kier alpha value is -0.570. The minimum Gasteiger partial charge on any atom is -0.463 e. The van der Waals surface area contributed by atoms with Gasteiger partial charge in [-0.05, 0) is 12.8 Å². The van der Waals surface area contributed by atoms with Gasteiger partial charge in [-0.15, -0.1) is 0 Å². The molecule has 0 N–H and O–H groups in total. The van der Waals surface area contributed by atoms with Crippen molar-refractivity contribution in [2.45, 2.75) is 46.6 Å². The van der Waals surface area contributed by atoms with Gasteiger partial charge in [0.1, 0.15) is 6.61 Å². The van der Waals surface area contributed by atoms with Crippen LogP contribution in [0.2, 0.25) is 0 Å². The Bertz CT molecular complexity index is 157. The Kier molecular flexibility index (Phi) is 7.48. The van der Waals surface area contributed by atoms with Gasteiger partial charge in [0.2, 0.25) is 0 Å². The Morgan fingerprint density at radius 1 is 1.21 bits per heavy atom. The van der Waals surface area contributed by atoms with Crippen LogP contribution in [0, 0.1) is 5.92 Å². The molecule has 0 bridgehead atoms. The highest BCUT2D eigenvalue weighted by Crippen LogP contribution is 2.03. The first-order valence-corrected chi connectivity index (χ1v) is 5.37. The van der Waals surface area contributed by atoms with Crippen molar-refractivity contribution < 1.29 is 14.3 Å². The minimum absolute atomic E-state index is 0.000463. The van der Waals surface area contributed by atoms with Crippen molar-refractivity contribution in [2.24, 2.45) is 5.92 Å². The molecule has 0 aliphatic rings. The second-order valence-electron chi connectivity index (χ2n) is 3.69. The van der Waals surface area contributed by atoms with Gasteiger partial charge in [-0.3, -0.25) is 4.79 Å². The molecule has 0 spiro atoms. The summed E-state index contributed by atoms with van der Waals surface area (Å²) in [5, 5.41) is 0. The van der Waals surface area contributed by atoms with E-state index in [1.807, 2.05) is 6.92 Å². The molecule has 0 amide bonds. The number of rotatable bonds is 7. The highest BCUT2D eigenvalue weighted by atomic mass is 16.6. The summed E-state index contributed by atoms with van der Waals surface area (Å²) in [7, 11) is 0. The van der Waals surface area contributed by atoms with E-state index in [1.165, 1.54) is 0 Å². The van der Waals surface area contributed by atoms with Crippen LogP contribution in [0.3, 0.4) is 0 Å². The lowest BCUT2D eigenvalue weighted by Gasteiger charge is -2.15. The van der Waals surface area contributed by atoms with Gasteiger partial charge in [0, 0.05) is 13.0 Å². The molecule has 0 radical (unpaired) electrons. The fourth-order valence-electron chi connectivity index (χ4n) is 0.807. The lowest BCUT2D eigenvalue weighted by Crippen LogP contribution is -2.21. The maximum atomic E-state index is 10.8. The molecule has 0 saturated heterocycles. The SMILES string of the molecule is CCC(=O)OCC(C)OCC(C)CC. The molecular weight excluding hydrogens is 180 g/mol. The molecule has 2 atom stereocenters. The number of carbonyl (C=O) groups excluding carboxylic acids is 1. The molecule has 84 valence electrons. The third-order valence-electron chi connectivity index (χ3n) is 2.13. The first-order valence-electron chi connectivity index (χ1n) is 5.37. The van der Waals surface area contributed by atoms with E-state index in [9.17, 15) is 4.79 Å². The third kappa shape index (κ3) is 6.89. The second kappa shape index (κ2) is 7.80. The van der Waals surface area contributed by atoms with Crippen molar-refractivity contribution in [1.82, 2.24) is 0 Å².